The number of aryl methyl sites for hydroxylation is 2. The SMILES string of the molecule is C/C=C/c1ccc(Cl)c(C)c1.Cc1ccc(NC=O)cc1. The number of amides is 1. The summed E-state index contributed by atoms with van der Waals surface area (Å²) in [6.45, 7) is 6.02. The third kappa shape index (κ3) is 6.28. The fraction of sp³-hybridized carbons (Fsp3) is 0.167. The van der Waals surface area contributed by atoms with Gasteiger partial charge in [0.25, 0.3) is 0 Å². The van der Waals surface area contributed by atoms with Crippen LogP contribution >= 0.6 is 11.6 Å². The van der Waals surface area contributed by atoms with Gasteiger partial charge in [-0.05, 0) is 50.1 Å². The summed E-state index contributed by atoms with van der Waals surface area (Å²) in [5, 5.41) is 3.39. The van der Waals surface area contributed by atoms with Crippen LogP contribution in [0.4, 0.5) is 5.69 Å². The minimum absolute atomic E-state index is 0.671. The molecule has 0 fully saturated rings. The first-order valence-electron chi connectivity index (χ1n) is 6.72. The van der Waals surface area contributed by atoms with Gasteiger partial charge in [0, 0.05) is 10.7 Å². The molecule has 0 aromatic heterocycles. The van der Waals surface area contributed by atoms with Crippen LogP contribution in [0.5, 0.6) is 0 Å². The highest BCUT2D eigenvalue weighted by atomic mass is 35.5. The van der Waals surface area contributed by atoms with E-state index in [1.54, 1.807) is 0 Å². The highest BCUT2D eigenvalue weighted by Gasteiger charge is 1.93. The molecule has 0 atom stereocenters. The lowest BCUT2D eigenvalue weighted by Gasteiger charge is -1.97. The van der Waals surface area contributed by atoms with Gasteiger partial charge in [-0.15, -0.1) is 0 Å². The van der Waals surface area contributed by atoms with Crippen LogP contribution in [-0.4, -0.2) is 6.41 Å². The Balaban J connectivity index is 0.000000211. The molecule has 3 heteroatoms. The van der Waals surface area contributed by atoms with Gasteiger partial charge in [0.05, 0.1) is 0 Å². The number of carbonyl (C=O) groups is 1. The molecule has 0 aliphatic rings. The number of halogens is 1. The summed E-state index contributed by atoms with van der Waals surface area (Å²) in [7, 11) is 0. The zero-order chi connectivity index (χ0) is 15.7. The van der Waals surface area contributed by atoms with E-state index in [1.165, 1.54) is 11.1 Å². The molecule has 0 unspecified atom stereocenters. The molecule has 1 N–H and O–H groups in total. The Bertz CT molecular complexity index is 603. The second-order valence-electron chi connectivity index (χ2n) is 4.64. The summed E-state index contributed by atoms with van der Waals surface area (Å²) < 4.78 is 0. The van der Waals surface area contributed by atoms with Gasteiger partial charge in [0.15, 0.2) is 0 Å². The molecule has 0 bridgehead atoms. The lowest BCUT2D eigenvalue weighted by atomic mass is 10.1. The second kappa shape index (κ2) is 8.98. The molecule has 0 spiro atoms. The Morgan fingerprint density at radius 2 is 1.71 bits per heavy atom. The fourth-order valence-electron chi connectivity index (χ4n) is 1.68. The number of hydrogen-bond acceptors (Lipinski definition) is 1. The van der Waals surface area contributed by atoms with Gasteiger partial charge < -0.3 is 5.32 Å². The molecule has 2 nitrogen and oxygen atoms in total. The van der Waals surface area contributed by atoms with Crippen LogP contribution in [0.25, 0.3) is 6.08 Å². The molecule has 1 amide bonds. The summed E-state index contributed by atoms with van der Waals surface area (Å²) in [4.78, 5) is 9.95. The van der Waals surface area contributed by atoms with E-state index < -0.39 is 0 Å². The predicted molar refractivity (Wildman–Crippen MR) is 91.8 cm³/mol. The maximum atomic E-state index is 9.95. The number of anilines is 1. The number of hydrogen-bond donors (Lipinski definition) is 1. The highest BCUT2D eigenvalue weighted by Crippen LogP contribution is 2.16. The van der Waals surface area contributed by atoms with Crippen molar-refractivity contribution >= 4 is 29.8 Å². The van der Waals surface area contributed by atoms with Gasteiger partial charge in [-0.25, -0.2) is 0 Å². The van der Waals surface area contributed by atoms with Crippen LogP contribution in [0, 0.1) is 13.8 Å². The number of carbonyl (C=O) groups excluding carboxylic acids is 1. The van der Waals surface area contributed by atoms with Crippen molar-refractivity contribution in [2.24, 2.45) is 0 Å². The Hall–Kier alpha value is -2.06. The third-order valence-corrected chi connectivity index (χ3v) is 3.24. The van der Waals surface area contributed by atoms with E-state index in [2.05, 4.69) is 17.5 Å². The Kier molecular flexibility index (Phi) is 7.27. The van der Waals surface area contributed by atoms with Crippen molar-refractivity contribution in [1.29, 1.82) is 0 Å². The number of benzene rings is 2. The van der Waals surface area contributed by atoms with E-state index in [0.29, 0.717) is 6.41 Å². The van der Waals surface area contributed by atoms with E-state index >= 15 is 0 Å². The fourth-order valence-corrected chi connectivity index (χ4v) is 1.80. The van der Waals surface area contributed by atoms with E-state index in [1.807, 2.05) is 63.2 Å². The molecule has 0 aliphatic heterocycles. The van der Waals surface area contributed by atoms with E-state index in [4.69, 9.17) is 11.6 Å². The van der Waals surface area contributed by atoms with Crippen LogP contribution in [-0.2, 0) is 4.79 Å². The molecular formula is C18H20ClNO. The van der Waals surface area contributed by atoms with Gasteiger partial charge in [-0.1, -0.05) is 53.6 Å². The molecular weight excluding hydrogens is 282 g/mol. The van der Waals surface area contributed by atoms with Gasteiger partial charge in [-0.3, -0.25) is 4.79 Å². The molecule has 0 aliphatic carbocycles. The van der Waals surface area contributed by atoms with Gasteiger partial charge >= 0.3 is 0 Å². The normalized spacial score (nSPS) is 9.90. The first-order chi connectivity index (χ1) is 10.1. The molecule has 0 heterocycles. The van der Waals surface area contributed by atoms with Crippen LogP contribution in [0.15, 0.2) is 48.5 Å². The smallest absolute Gasteiger partial charge is 0.211 e. The molecule has 110 valence electrons. The molecule has 2 aromatic carbocycles. The van der Waals surface area contributed by atoms with Crippen molar-refractivity contribution in [3.8, 4) is 0 Å². The maximum Gasteiger partial charge on any atom is 0.211 e. The van der Waals surface area contributed by atoms with Gasteiger partial charge in [-0.2, -0.15) is 0 Å². The van der Waals surface area contributed by atoms with E-state index in [-0.39, 0.29) is 0 Å². The van der Waals surface area contributed by atoms with Crippen molar-refractivity contribution in [3.05, 3.63) is 70.3 Å². The standard InChI is InChI=1S/C10H11Cl.C8H9NO/c1-3-4-9-5-6-10(11)8(2)7-9;1-7-2-4-8(5-3-7)9-6-10/h3-7H,1-2H3;2-6H,1H3,(H,9,10)/b4-3+;. The summed E-state index contributed by atoms with van der Waals surface area (Å²) in [5.74, 6) is 0. The van der Waals surface area contributed by atoms with Crippen LogP contribution in [0.2, 0.25) is 5.02 Å². The van der Waals surface area contributed by atoms with Crippen LogP contribution in [0.1, 0.15) is 23.6 Å². The monoisotopic (exact) mass is 301 g/mol. The first kappa shape index (κ1) is 17.0. The molecule has 0 saturated heterocycles. The average molecular weight is 302 g/mol. The molecule has 21 heavy (non-hydrogen) atoms. The zero-order valence-corrected chi connectivity index (χ0v) is 13.3. The Labute approximate surface area is 131 Å². The minimum atomic E-state index is 0.671. The third-order valence-electron chi connectivity index (χ3n) is 2.82. The van der Waals surface area contributed by atoms with Crippen molar-refractivity contribution in [2.45, 2.75) is 20.8 Å². The zero-order valence-electron chi connectivity index (χ0n) is 12.6. The summed E-state index contributed by atoms with van der Waals surface area (Å²) in [6, 6.07) is 13.6. The lowest BCUT2D eigenvalue weighted by molar-refractivity contribution is -0.105. The van der Waals surface area contributed by atoms with Gasteiger partial charge in [0.2, 0.25) is 6.41 Å². The second-order valence-corrected chi connectivity index (χ2v) is 5.04. The van der Waals surface area contributed by atoms with Crippen LogP contribution in [0.3, 0.4) is 0 Å². The largest absolute Gasteiger partial charge is 0.329 e. The van der Waals surface area contributed by atoms with Crippen molar-refractivity contribution in [2.75, 3.05) is 5.32 Å². The highest BCUT2D eigenvalue weighted by molar-refractivity contribution is 6.31. The quantitative estimate of drug-likeness (QED) is 0.771. The number of nitrogens with one attached hydrogen (secondary N) is 1. The van der Waals surface area contributed by atoms with E-state index in [0.717, 1.165) is 16.3 Å². The maximum absolute atomic E-state index is 9.95. The minimum Gasteiger partial charge on any atom is -0.329 e. The summed E-state index contributed by atoms with van der Waals surface area (Å²) in [5.41, 5.74) is 4.36. The van der Waals surface area contributed by atoms with Crippen molar-refractivity contribution in [3.63, 3.8) is 0 Å². The average Bonchev–Trinajstić information content (AvgIpc) is 2.47. The summed E-state index contributed by atoms with van der Waals surface area (Å²) >= 11 is 5.86. The molecule has 0 saturated carbocycles. The molecule has 2 rings (SSSR count). The van der Waals surface area contributed by atoms with Gasteiger partial charge in [0.1, 0.15) is 0 Å². The molecule has 2 aromatic rings. The Morgan fingerprint density at radius 3 is 2.24 bits per heavy atom. The van der Waals surface area contributed by atoms with Crippen molar-refractivity contribution < 1.29 is 4.79 Å². The number of allylic oxidation sites excluding steroid dienone is 1. The first-order valence-corrected chi connectivity index (χ1v) is 7.10. The predicted octanol–water partition coefficient (Wildman–Crippen LogP) is 5.24. The van der Waals surface area contributed by atoms with Crippen molar-refractivity contribution in [1.82, 2.24) is 0 Å². The van der Waals surface area contributed by atoms with Crippen LogP contribution < -0.4 is 5.32 Å². The van der Waals surface area contributed by atoms with E-state index in [9.17, 15) is 4.79 Å². The number of rotatable bonds is 3. The lowest BCUT2D eigenvalue weighted by Crippen LogP contribution is -1.92. The molecule has 0 radical (unpaired) electrons. The topological polar surface area (TPSA) is 29.1 Å². The Morgan fingerprint density at radius 1 is 1.05 bits per heavy atom. The summed E-state index contributed by atoms with van der Waals surface area (Å²) in [6.07, 6.45) is 4.75.